The van der Waals surface area contributed by atoms with E-state index in [9.17, 15) is 4.79 Å². The van der Waals surface area contributed by atoms with Gasteiger partial charge in [-0.2, -0.15) is 0 Å². The van der Waals surface area contributed by atoms with Crippen LogP contribution in [-0.4, -0.2) is 5.78 Å². The van der Waals surface area contributed by atoms with E-state index in [4.69, 9.17) is 0 Å². The quantitative estimate of drug-likeness (QED) is 0.526. The van der Waals surface area contributed by atoms with Gasteiger partial charge in [0.25, 0.3) is 0 Å². The summed E-state index contributed by atoms with van der Waals surface area (Å²) in [6.07, 6.45) is 1.62. The van der Waals surface area contributed by atoms with Gasteiger partial charge < -0.3 is 0 Å². The van der Waals surface area contributed by atoms with Crippen molar-refractivity contribution in [3.63, 3.8) is 0 Å². The van der Waals surface area contributed by atoms with Crippen molar-refractivity contribution in [1.29, 1.82) is 0 Å². The van der Waals surface area contributed by atoms with E-state index < -0.39 is 0 Å². The maximum atomic E-state index is 11.1. The fraction of sp³-hybridized carbons (Fsp3) is 0.222. The Labute approximate surface area is 59.7 Å². The predicted octanol–water partition coefficient (Wildman–Crippen LogP) is 1.82. The van der Waals surface area contributed by atoms with E-state index in [2.05, 4.69) is 6.07 Å². The van der Waals surface area contributed by atoms with Gasteiger partial charge in [-0.15, -0.1) is 0 Å². The van der Waals surface area contributed by atoms with Crippen molar-refractivity contribution in [3.05, 3.63) is 35.4 Å². The van der Waals surface area contributed by atoms with Crippen molar-refractivity contribution < 1.29 is 4.79 Å². The Kier molecular flexibility index (Phi) is 1.10. The molecule has 0 saturated carbocycles. The van der Waals surface area contributed by atoms with Gasteiger partial charge in [0, 0.05) is 12.0 Å². The molecule has 0 atom stereocenters. The van der Waals surface area contributed by atoms with Gasteiger partial charge in [0.15, 0.2) is 5.78 Å². The third kappa shape index (κ3) is 0.747. The Hall–Kier alpha value is -1.11. The molecular weight excluding hydrogens is 124 g/mol. The van der Waals surface area contributed by atoms with E-state index in [0.29, 0.717) is 6.42 Å². The molecule has 1 aromatic rings. The maximum Gasteiger partial charge on any atom is 0.163 e. The van der Waals surface area contributed by atoms with Crippen LogP contribution in [0.1, 0.15) is 22.3 Å². The van der Waals surface area contributed by atoms with Crippen molar-refractivity contribution in [3.8, 4) is 0 Å². The number of hydrogen-bond acceptors (Lipinski definition) is 1. The molecule has 0 saturated heterocycles. The zero-order chi connectivity index (χ0) is 6.97. The molecule has 0 aliphatic heterocycles. The third-order valence-corrected chi connectivity index (χ3v) is 1.89. The molecule has 0 radical (unpaired) electrons. The lowest BCUT2D eigenvalue weighted by Gasteiger charge is -2.09. The standard InChI is InChI=1S/C9H8O/c10-9-5-4-7-2-1-3-8(9)6-7/h1-3,6H,4-5H2. The first-order chi connectivity index (χ1) is 4.86. The normalized spacial score (nSPS) is 15.4. The molecular formula is C9H8O. The molecule has 0 N–H and O–H groups in total. The molecule has 0 unspecified atom stereocenters. The summed E-state index contributed by atoms with van der Waals surface area (Å²) in [5, 5.41) is 0. The lowest BCUT2D eigenvalue weighted by Crippen LogP contribution is -2.06. The summed E-state index contributed by atoms with van der Waals surface area (Å²) in [6.45, 7) is 0. The Morgan fingerprint density at radius 3 is 2.90 bits per heavy atom. The summed E-state index contributed by atoms with van der Waals surface area (Å²) in [5.41, 5.74) is 2.17. The van der Waals surface area contributed by atoms with Crippen molar-refractivity contribution in [2.24, 2.45) is 0 Å². The predicted molar refractivity (Wildman–Crippen MR) is 39.1 cm³/mol. The molecule has 50 valence electrons. The molecule has 2 bridgehead atoms. The summed E-state index contributed by atoms with van der Waals surface area (Å²) >= 11 is 0. The minimum absolute atomic E-state index is 0.285. The number of Topliss-reactive ketones (excluding diaryl/α,β-unsaturated/α-hetero) is 1. The van der Waals surface area contributed by atoms with Crippen LogP contribution in [0.25, 0.3) is 0 Å². The van der Waals surface area contributed by atoms with Gasteiger partial charge in [0.2, 0.25) is 0 Å². The topological polar surface area (TPSA) is 17.1 Å². The number of carbonyl (C=O) groups is 1. The van der Waals surface area contributed by atoms with Crippen molar-refractivity contribution >= 4 is 5.78 Å². The number of aryl methyl sites for hydroxylation is 1. The van der Waals surface area contributed by atoms with Gasteiger partial charge >= 0.3 is 0 Å². The van der Waals surface area contributed by atoms with Crippen molar-refractivity contribution in [2.75, 3.05) is 0 Å². The summed E-state index contributed by atoms with van der Waals surface area (Å²) in [7, 11) is 0. The van der Waals surface area contributed by atoms with Crippen LogP contribution in [0.5, 0.6) is 0 Å². The highest BCUT2D eigenvalue weighted by atomic mass is 16.1. The highest BCUT2D eigenvalue weighted by Gasteiger charge is 2.11. The molecule has 0 fully saturated rings. The highest BCUT2D eigenvalue weighted by Crippen LogP contribution is 2.15. The van der Waals surface area contributed by atoms with Gasteiger partial charge in [0.1, 0.15) is 0 Å². The Morgan fingerprint density at radius 1 is 1.20 bits per heavy atom. The first-order valence-corrected chi connectivity index (χ1v) is 3.48. The molecule has 10 heavy (non-hydrogen) atoms. The van der Waals surface area contributed by atoms with E-state index >= 15 is 0 Å². The van der Waals surface area contributed by atoms with Crippen LogP contribution in [0.3, 0.4) is 0 Å². The molecule has 1 heteroatoms. The van der Waals surface area contributed by atoms with Crippen molar-refractivity contribution in [1.82, 2.24) is 0 Å². The first-order valence-electron chi connectivity index (χ1n) is 3.48. The molecule has 0 aromatic heterocycles. The fourth-order valence-electron chi connectivity index (χ4n) is 1.30. The molecule has 0 amide bonds. The minimum atomic E-state index is 0.285. The van der Waals surface area contributed by atoms with Crippen LogP contribution in [0, 0.1) is 0 Å². The second-order valence-corrected chi connectivity index (χ2v) is 2.62. The van der Waals surface area contributed by atoms with Gasteiger partial charge in [-0.05, 0) is 18.1 Å². The van der Waals surface area contributed by atoms with Crippen LogP contribution in [-0.2, 0) is 6.42 Å². The molecule has 1 aliphatic rings. The lowest BCUT2D eigenvalue weighted by atomic mass is 9.95. The maximum absolute atomic E-state index is 11.1. The first kappa shape index (κ1) is 5.66. The molecule has 0 heterocycles. The van der Waals surface area contributed by atoms with Gasteiger partial charge in [-0.3, -0.25) is 4.79 Å². The summed E-state index contributed by atoms with van der Waals surface area (Å²) in [6, 6.07) is 7.87. The van der Waals surface area contributed by atoms with Crippen LogP contribution in [0.2, 0.25) is 0 Å². The highest BCUT2D eigenvalue weighted by molar-refractivity contribution is 5.97. The fourth-order valence-corrected chi connectivity index (χ4v) is 1.30. The Bertz CT molecular complexity index is 276. The number of benzene rings is 1. The molecule has 2 rings (SSSR count). The largest absolute Gasteiger partial charge is 0.294 e. The van der Waals surface area contributed by atoms with Crippen LogP contribution in [0.15, 0.2) is 24.3 Å². The average molecular weight is 132 g/mol. The number of ketones is 1. The van der Waals surface area contributed by atoms with E-state index in [1.807, 2.05) is 18.2 Å². The van der Waals surface area contributed by atoms with Crippen LogP contribution in [0.4, 0.5) is 0 Å². The average Bonchev–Trinajstić information content (AvgIpc) is 1.99. The smallest absolute Gasteiger partial charge is 0.163 e. The van der Waals surface area contributed by atoms with Crippen LogP contribution < -0.4 is 0 Å². The molecule has 1 nitrogen and oxygen atoms in total. The minimum Gasteiger partial charge on any atom is -0.294 e. The summed E-state index contributed by atoms with van der Waals surface area (Å²) in [5.74, 6) is 0.285. The molecule has 1 aliphatic carbocycles. The van der Waals surface area contributed by atoms with E-state index in [-0.39, 0.29) is 5.78 Å². The van der Waals surface area contributed by atoms with Gasteiger partial charge in [0.05, 0.1) is 0 Å². The van der Waals surface area contributed by atoms with Crippen molar-refractivity contribution in [2.45, 2.75) is 12.8 Å². The Balaban J connectivity index is 2.59. The molecule has 0 spiro atoms. The number of hydrogen-bond donors (Lipinski definition) is 0. The zero-order valence-corrected chi connectivity index (χ0v) is 5.63. The van der Waals surface area contributed by atoms with Crippen LogP contribution >= 0.6 is 0 Å². The zero-order valence-electron chi connectivity index (χ0n) is 5.63. The van der Waals surface area contributed by atoms with E-state index in [1.165, 1.54) is 5.56 Å². The third-order valence-electron chi connectivity index (χ3n) is 1.89. The second-order valence-electron chi connectivity index (χ2n) is 2.62. The second kappa shape index (κ2) is 1.94. The number of rotatable bonds is 0. The summed E-state index contributed by atoms with van der Waals surface area (Å²) in [4.78, 5) is 11.1. The Morgan fingerprint density at radius 2 is 2.10 bits per heavy atom. The lowest BCUT2D eigenvalue weighted by molar-refractivity contribution is 0.0979. The number of fused-ring (bicyclic) bond motifs is 2. The summed E-state index contributed by atoms with van der Waals surface area (Å²) < 4.78 is 0. The molecule has 1 aromatic carbocycles. The monoisotopic (exact) mass is 132 g/mol. The van der Waals surface area contributed by atoms with E-state index in [0.717, 1.165) is 12.0 Å². The van der Waals surface area contributed by atoms with Gasteiger partial charge in [-0.1, -0.05) is 18.2 Å². The van der Waals surface area contributed by atoms with Gasteiger partial charge in [-0.25, -0.2) is 0 Å². The number of carbonyl (C=O) groups excluding carboxylic acids is 1. The van der Waals surface area contributed by atoms with E-state index in [1.54, 1.807) is 0 Å². The SMILES string of the molecule is O=C1CCc2cccc1c2.